The molecule has 0 saturated heterocycles. The van der Waals surface area contributed by atoms with Crippen LogP contribution in [0.25, 0.3) is 0 Å². The van der Waals surface area contributed by atoms with E-state index in [0.717, 1.165) is 0 Å². The summed E-state index contributed by atoms with van der Waals surface area (Å²) >= 11 is 5.69. The molecule has 1 aromatic heterocycles. The van der Waals surface area contributed by atoms with Gasteiger partial charge in [-0.05, 0) is 6.92 Å². The van der Waals surface area contributed by atoms with Crippen LogP contribution >= 0.6 is 11.6 Å². The monoisotopic (exact) mass is 187 g/mol. The van der Waals surface area contributed by atoms with Crippen LogP contribution in [0.1, 0.15) is 6.92 Å². The lowest BCUT2D eigenvalue weighted by molar-refractivity contribution is 0.208. The van der Waals surface area contributed by atoms with Crippen molar-refractivity contribution in [3.05, 3.63) is 17.5 Å². The highest BCUT2D eigenvalue weighted by Gasteiger charge is 2.01. The number of aliphatic hydroxyl groups excluding tert-OH is 1. The summed E-state index contributed by atoms with van der Waals surface area (Å²) in [5.41, 5.74) is 0. The summed E-state index contributed by atoms with van der Waals surface area (Å²) in [5, 5.41) is 12.1. The van der Waals surface area contributed by atoms with Crippen LogP contribution in [0.5, 0.6) is 0 Å². The molecule has 0 aliphatic heterocycles. The Morgan fingerprint density at radius 2 is 2.25 bits per heavy atom. The summed E-state index contributed by atoms with van der Waals surface area (Å²) in [6, 6.07) is 0. The Bertz CT molecular complexity index is 254. The van der Waals surface area contributed by atoms with Crippen molar-refractivity contribution in [2.75, 3.05) is 11.9 Å². The molecule has 5 heteroatoms. The highest BCUT2D eigenvalue weighted by molar-refractivity contribution is 6.31. The molecule has 0 radical (unpaired) electrons. The number of hydrogen-bond donors (Lipinski definition) is 2. The van der Waals surface area contributed by atoms with E-state index in [9.17, 15) is 0 Å². The van der Waals surface area contributed by atoms with Crippen molar-refractivity contribution in [3.8, 4) is 0 Å². The van der Waals surface area contributed by atoms with Gasteiger partial charge in [0.15, 0.2) is 11.0 Å². The zero-order valence-electron chi connectivity index (χ0n) is 6.66. The molecule has 4 nitrogen and oxygen atoms in total. The van der Waals surface area contributed by atoms with Gasteiger partial charge in [-0.3, -0.25) is 0 Å². The van der Waals surface area contributed by atoms with Crippen molar-refractivity contribution in [3.63, 3.8) is 0 Å². The predicted molar refractivity (Wildman–Crippen MR) is 47.2 cm³/mol. The number of nitrogens with zero attached hydrogens (tertiary/aromatic N) is 2. The Labute approximate surface area is 75.6 Å². The summed E-state index contributed by atoms with van der Waals surface area (Å²) in [5.74, 6) is 0.500. The van der Waals surface area contributed by atoms with Crippen molar-refractivity contribution >= 4 is 17.4 Å². The number of aromatic nitrogens is 2. The van der Waals surface area contributed by atoms with Gasteiger partial charge in [0.2, 0.25) is 0 Å². The molecule has 1 rings (SSSR count). The van der Waals surface area contributed by atoms with Crippen molar-refractivity contribution < 1.29 is 5.11 Å². The number of nitrogens with one attached hydrogen (secondary N) is 1. The van der Waals surface area contributed by atoms with Crippen LogP contribution in [0, 0.1) is 0 Å². The van der Waals surface area contributed by atoms with E-state index in [1.165, 1.54) is 12.4 Å². The Morgan fingerprint density at radius 1 is 1.58 bits per heavy atom. The average molecular weight is 188 g/mol. The Balaban J connectivity index is 2.57. The second-order valence-electron chi connectivity index (χ2n) is 2.43. The molecule has 0 unspecified atom stereocenters. The first-order chi connectivity index (χ1) is 5.70. The molecule has 12 heavy (non-hydrogen) atoms. The van der Waals surface area contributed by atoms with Gasteiger partial charge in [0.05, 0.1) is 6.10 Å². The molecule has 2 N–H and O–H groups in total. The number of anilines is 1. The van der Waals surface area contributed by atoms with Crippen molar-refractivity contribution in [2.45, 2.75) is 13.0 Å². The summed E-state index contributed by atoms with van der Waals surface area (Å²) < 4.78 is 0. The van der Waals surface area contributed by atoms with Gasteiger partial charge in [-0.15, -0.1) is 0 Å². The molecule has 0 bridgehead atoms. The Morgan fingerprint density at radius 3 is 2.83 bits per heavy atom. The lowest BCUT2D eigenvalue weighted by atomic mass is 10.4. The number of halogens is 1. The molecule has 0 aromatic carbocycles. The highest BCUT2D eigenvalue weighted by atomic mass is 35.5. The smallest absolute Gasteiger partial charge is 0.171 e. The molecule has 66 valence electrons. The quantitative estimate of drug-likeness (QED) is 0.739. The molecule has 1 aromatic rings. The van der Waals surface area contributed by atoms with Gasteiger partial charge in [-0.25, -0.2) is 9.97 Å². The third-order valence-corrected chi connectivity index (χ3v) is 1.50. The largest absolute Gasteiger partial charge is 0.392 e. The van der Waals surface area contributed by atoms with E-state index in [-0.39, 0.29) is 0 Å². The molecule has 0 aliphatic carbocycles. The minimum Gasteiger partial charge on any atom is -0.392 e. The molecule has 1 atom stereocenters. The van der Waals surface area contributed by atoms with Gasteiger partial charge in [-0.1, -0.05) is 11.6 Å². The van der Waals surface area contributed by atoms with Crippen molar-refractivity contribution in [2.24, 2.45) is 0 Å². The Hall–Kier alpha value is -0.870. The minimum absolute atomic E-state index is 0.318. The van der Waals surface area contributed by atoms with E-state index < -0.39 is 6.10 Å². The van der Waals surface area contributed by atoms with Crippen LogP contribution in [0.3, 0.4) is 0 Å². The van der Waals surface area contributed by atoms with E-state index in [0.29, 0.717) is 17.5 Å². The van der Waals surface area contributed by atoms with Crippen LogP contribution in [0.4, 0.5) is 5.82 Å². The lowest BCUT2D eigenvalue weighted by Crippen LogP contribution is -2.16. The third kappa shape index (κ3) is 2.64. The summed E-state index contributed by atoms with van der Waals surface area (Å²) in [7, 11) is 0. The van der Waals surface area contributed by atoms with Gasteiger partial charge in [0.1, 0.15) is 0 Å². The molecule has 0 amide bonds. The molecule has 0 spiro atoms. The van der Waals surface area contributed by atoms with E-state index in [1.807, 2.05) is 0 Å². The fourth-order valence-corrected chi connectivity index (χ4v) is 0.856. The maximum atomic E-state index is 8.95. The predicted octanol–water partition coefficient (Wildman–Crippen LogP) is 0.923. The van der Waals surface area contributed by atoms with Crippen LogP contribution in [-0.4, -0.2) is 27.7 Å². The summed E-state index contributed by atoms with van der Waals surface area (Å²) in [6.45, 7) is 2.09. The lowest BCUT2D eigenvalue weighted by Gasteiger charge is -2.07. The maximum Gasteiger partial charge on any atom is 0.171 e. The molecule has 0 aliphatic rings. The summed E-state index contributed by atoms with van der Waals surface area (Å²) in [6.07, 6.45) is 2.62. The second-order valence-corrected chi connectivity index (χ2v) is 2.78. The molecular formula is C7H10ClN3O. The molecule has 0 fully saturated rings. The van der Waals surface area contributed by atoms with Gasteiger partial charge in [-0.2, -0.15) is 0 Å². The van der Waals surface area contributed by atoms with Gasteiger partial charge < -0.3 is 10.4 Å². The van der Waals surface area contributed by atoms with Crippen molar-refractivity contribution in [1.29, 1.82) is 0 Å². The first-order valence-corrected chi connectivity index (χ1v) is 3.96. The summed E-state index contributed by atoms with van der Waals surface area (Å²) in [4.78, 5) is 7.75. The normalized spacial score (nSPS) is 12.6. The zero-order chi connectivity index (χ0) is 8.97. The van der Waals surface area contributed by atoms with Gasteiger partial charge in [0, 0.05) is 18.9 Å². The topological polar surface area (TPSA) is 58.0 Å². The fourth-order valence-electron chi connectivity index (χ4n) is 0.684. The zero-order valence-corrected chi connectivity index (χ0v) is 7.41. The van der Waals surface area contributed by atoms with E-state index in [2.05, 4.69) is 15.3 Å². The van der Waals surface area contributed by atoms with Gasteiger partial charge >= 0.3 is 0 Å². The van der Waals surface area contributed by atoms with Crippen LogP contribution in [0.2, 0.25) is 5.15 Å². The second kappa shape index (κ2) is 4.23. The Kier molecular flexibility index (Phi) is 3.25. The number of rotatable bonds is 3. The van der Waals surface area contributed by atoms with Crippen LogP contribution < -0.4 is 5.32 Å². The van der Waals surface area contributed by atoms with E-state index in [1.54, 1.807) is 6.92 Å². The van der Waals surface area contributed by atoms with Crippen LogP contribution in [-0.2, 0) is 0 Å². The molecule has 0 saturated carbocycles. The number of hydrogen-bond acceptors (Lipinski definition) is 4. The van der Waals surface area contributed by atoms with E-state index >= 15 is 0 Å². The first-order valence-electron chi connectivity index (χ1n) is 3.58. The number of aliphatic hydroxyl groups is 1. The van der Waals surface area contributed by atoms with Gasteiger partial charge in [0.25, 0.3) is 0 Å². The van der Waals surface area contributed by atoms with Crippen LogP contribution in [0.15, 0.2) is 12.4 Å². The maximum absolute atomic E-state index is 8.95. The standard InChI is InChI=1S/C7H10ClN3O/c1-5(12)4-11-7-6(8)9-2-3-10-7/h2-3,5,12H,4H2,1H3,(H,10,11)/t5-/m0/s1. The average Bonchev–Trinajstić information content (AvgIpc) is 2.03. The minimum atomic E-state index is -0.428. The van der Waals surface area contributed by atoms with E-state index in [4.69, 9.17) is 16.7 Å². The first kappa shape index (κ1) is 9.22. The SMILES string of the molecule is C[C@H](O)CNc1nccnc1Cl. The highest BCUT2D eigenvalue weighted by Crippen LogP contribution is 2.13. The molecule has 1 heterocycles. The van der Waals surface area contributed by atoms with Crippen molar-refractivity contribution in [1.82, 2.24) is 9.97 Å². The molecular weight excluding hydrogens is 178 g/mol. The third-order valence-electron chi connectivity index (χ3n) is 1.22. The fraction of sp³-hybridized carbons (Fsp3) is 0.429.